The van der Waals surface area contributed by atoms with Crippen LogP contribution in [0.15, 0.2) is 60.9 Å². The molecule has 5 rings (SSSR count). The van der Waals surface area contributed by atoms with E-state index in [1.54, 1.807) is 47.4 Å². The molecule has 5 aromatic rings. The third-order valence-corrected chi connectivity index (χ3v) is 7.33. The second-order valence-corrected chi connectivity index (χ2v) is 10.3. The quantitative estimate of drug-likeness (QED) is 0.210. The van der Waals surface area contributed by atoms with E-state index in [-0.39, 0.29) is 22.4 Å². The minimum atomic E-state index is -1.78. The summed E-state index contributed by atoms with van der Waals surface area (Å²) in [4.78, 5) is 0. The van der Waals surface area contributed by atoms with Crippen LogP contribution in [-0.4, -0.2) is 49.1 Å². The second-order valence-electron chi connectivity index (χ2n) is 10.3. The molecule has 2 heterocycles. The summed E-state index contributed by atoms with van der Waals surface area (Å²) < 4.78 is 43.7. The molecule has 0 aliphatic carbocycles. The molecule has 11 heteroatoms. The first-order valence-electron chi connectivity index (χ1n) is 12.9. The maximum absolute atomic E-state index is 15.0. The van der Waals surface area contributed by atoms with Gasteiger partial charge in [0.05, 0.1) is 31.3 Å². The maximum Gasteiger partial charge on any atom is 0.182 e. The van der Waals surface area contributed by atoms with Crippen LogP contribution >= 0.6 is 0 Å². The number of aryl methyl sites for hydroxylation is 1. The van der Waals surface area contributed by atoms with Crippen LogP contribution in [0.25, 0.3) is 27.7 Å². The summed E-state index contributed by atoms with van der Waals surface area (Å²) in [5.74, 6) is -1.69. The largest absolute Gasteiger partial charge is 0.504 e. The molecule has 2 aromatic heterocycles. The zero-order chi connectivity index (χ0) is 29.5. The van der Waals surface area contributed by atoms with E-state index in [0.29, 0.717) is 41.0 Å². The van der Waals surface area contributed by atoms with Crippen molar-refractivity contribution in [3.05, 3.63) is 83.8 Å². The molecule has 0 amide bonds. The number of ether oxygens (including phenoxy) is 2. The summed E-state index contributed by atoms with van der Waals surface area (Å²) >= 11 is 0. The third-order valence-electron chi connectivity index (χ3n) is 7.33. The lowest BCUT2D eigenvalue weighted by Gasteiger charge is -2.29. The molecule has 214 valence electrons. The van der Waals surface area contributed by atoms with Gasteiger partial charge in [0.2, 0.25) is 0 Å². The molecule has 0 unspecified atom stereocenters. The molecule has 0 aliphatic rings. The van der Waals surface area contributed by atoms with Crippen molar-refractivity contribution in [1.82, 2.24) is 19.6 Å². The Kier molecular flexibility index (Phi) is 7.41. The first-order chi connectivity index (χ1) is 19.6. The molecule has 3 N–H and O–H groups in total. The number of hydrogen-bond donors (Lipinski definition) is 3. The van der Waals surface area contributed by atoms with Gasteiger partial charge in [-0.25, -0.2) is 8.78 Å². The van der Waals surface area contributed by atoms with Gasteiger partial charge in [-0.15, -0.1) is 5.10 Å². The Hall–Kier alpha value is -4.48. The normalized spacial score (nSPS) is 11.9. The lowest BCUT2D eigenvalue weighted by Crippen LogP contribution is -2.24. The summed E-state index contributed by atoms with van der Waals surface area (Å²) in [7, 11) is 2.77. The molecular weight excluding hydrogens is 534 g/mol. The number of benzene rings is 3. The number of methoxy groups -OCH3 is 2. The molecular formula is C30H30F2N4O5. The number of phenolic OH excluding ortho intramolecular Hbond substituents is 1. The first-order valence-corrected chi connectivity index (χ1v) is 12.9. The van der Waals surface area contributed by atoms with Gasteiger partial charge in [-0.3, -0.25) is 4.68 Å². The average molecular weight is 565 g/mol. The number of aliphatic hydroxyl groups excluding tert-OH is 1. The van der Waals surface area contributed by atoms with E-state index in [2.05, 4.69) is 10.3 Å². The topological polar surface area (TPSA) is 115 Å². The highest BCUT2D eigenvalue weighted by atomic mass is 19.1. The Bertz CT molecular complexity index is 1710. The number of halogens is 2. The Morgan fingerprint density at radius 1 is 0.951 bits per heavy atom. The van der Waals surface area contributed by atoms with Gasteiger partial charge in [0.25, 0.3) is 0 Å². The molecule has 9 nitrogen and oxygen atoms in total. The summed E-state index contributed by atoms with van der Waals surface area (Å²) in [6.45, 7) is 4.52. The standard InChI is InChI=1S/C30H30F2N4O5/c1-30(2,11-13-35-14-12-33-34-35)28-25(17-5-7-19(29(38)39)23(15-17)40-3)26-22(10-9-21(32)27(26)37)36(28)18-6-8-20(31)24(16-18)41-4/h5-10,12,14-16,29,37-39H,11,13H2,1-4H3. The smallest absolute Gasteiger partial charge is 0.182 e. The van der Waals surface area contributed by atoms with Crippen molar-refractivity contribution in [2.75, 3.05) is 14.2 Å². The van der Waals surface area contributed by atoms with Crippen LogP contribution < -0.4 is 9.47 Å². The van der Waals surface area contributed by atoms with Gasteiger partial charge in [-0.2, -0.15) is 0 Å². The second kappa shape index (κ2) is 10.8. The van der Waals surface area contributed by atoms with Crippen LogP contribution in [0.3, 0.4) is 0 Å². The van der Waals surface area contributed by atoms with E-state index in [9.17, 15) is 24.1 Å². The van der Waals surface area contributed by atoms with E-state index < -0.39 is 29.1 Å². The Labute approximate surface area is 234 Å². The van der Waals surface area contributed by atoms with Gasteiger partial charge >= 0.3 is 0 Å². The molecule has 0 saturated carbocycles. The fourth-order valence-electron chi connectivity index (χ4n) is 5.26. The molecule has 0 atom stereocenters. The van der Waals surface area contributed by atoms with Crippen molar-refractivity contribution in [3.8, 4) is 34.1 Å². The Morgan fingerprint density at radius 2 is 1.68 bits per heavy atom. The van der Waals surface area contributed by atoms with E-state index in [1.807, 2.05) is 18.4 Å². The monoisotopic (exact) mass is 564 g/mol. The third kappa shape index (κ3) is 4.98. The van der Waals surface area contributed by atoms with E-state index in [4.69, 9.17) is 9.47 Å². The van der Waals surface area contributed by atoms with Crippen molar-refractivity contribution in [2.45, 2.75) is 38.5 Å². The average Bonchev–Trinajstić information content (AvgIpc) is 3.61. The van der Waals surface area contributed by atoms with E-state index in [1.165, 1.54) is 32.4 Å². The van der Waals surface area contributed by atoms with Crippen LogP contribution in [0.1, 0.15) is 37.8 Å². The van der Waals surface area contributed by atoms with E-state index in [0.717, 1.165) is 0 Å². The van der Waals surface area contributed by atoms with Gasteiger partial charge in [0.1, 0.15) is 5.75 Å². The fourth-order valence-corrected chi connectivity index (χ4v) is 5.26. The molecule has 0 saturated heterocycles. The van der Waals surface area contributed by atoms with Crippen LogP contribution in [-0.2, 0) is 12.0 Å². The highest BCUT2D eigenvalue weighted by molar-refractivity contribution is 6.04. The van der Waals surface area contributed by atoms with Gasteiger partial charge in [0.15, 0.2) is 29.4 Å². The summed E-state index contributed by atoms with van der Waals surface area (Å²) in [6, 6.07) is 11.9. The number of phenols is 1. The lowest BCUT2D eigenvalue weighted by molar-refractivity contribution is -0.0438. The minimum Gasteiger partial charge on any atom is -0.504 e. The number of rotatable bonds is 9. The highest BCUT2D eigenvalue weighted by Crippen LogP contribution is 2.48. The number of aliphatic hydroxyl groups is 2. The number of aromatic nitrogens is 4. The predicted octanol–water partition coefficient (Wildman–Crippen LogP) is 5.24. The summed E-state index contributed by atoms with van der Waals surface area (Å²) in [5.41, 5.74) is 2.21. The van der Waals surface area contributed by atoms with Crippen molar-refractivity contribution >= 4 is 10.9 Å². The number of nitrogens with zero attached hydrogens (tertiary/aromatic N) is 4. The molecule has 0 bridgehead atoms. The number of hydrogen-bond acceptors (Lipinski definition) is 7. The van der Waals surface area contributed by atoms with Gasteiger partial charge in [0, 0.05) is 46.7 Å². The summed E-state index contributed by atoms with van der Waals surface area (Å²) in [5, 5.41) is 39.0. The molecule has 3 aromatic carbocycles. The zero-order valence-corrected chi connectivity index (χ0v) is 23.0. The van der Waals surface area contributed by atoms with Crippen LogP contribution in [0.4, 0.5) is 8.78 Å². The van der Waals surface area contributed by atoms with Crippen LogP contribution in [0, 0.1) is 11.6 Å². The Morgan fingerprint density at radius 3 is 2.34 bits per heavy atom. The number of aromatic hydroxyl groups is 1. The predicted molar refractivity (Wildman–Crippen MR) is 148 cm³/mol. The van der Waals surface area contributed by atoms with Crippen LogP contribution in [0.2, 0.25) is 0 Å². The zero-order valence-electron chi connectivity index (χ0n) is 23.0. The Balaban J connectivity index is 1.89. The van der Waals surface area contributed by atoms with Crippen LogP contribution in [0.5, 0.6) is 17.2 Å². The van der Waals surface area contributed by atoms with Gasteiger partial charge in [-0.05, 0) is 48.4 Å². The van der Waals surface area contributed by atoms with Crippen molar-refractivity contribution in [1.29, 1.82) is 0 Å². The van der Waals surface area contributed by atoms with Crippen molar-refractivity contribution < 1.29 is 33.6 Å². The SMILES string of the molecule is COc1cc(-n2c(C(C)(C)CCn3ccnn3)c(-c3ccc(C(O)O)c(OC)c3)c3c(O)c(F)ccc32)ccc1F. The maximum atomic E-state index is 15.0. The molecule has 41 heavy (non-hydrogen) atoms. The minimum absolute atomic E-state index is 0.0200. The summed E-state index contributed by atoms with van der Waals surface area (Å²) in [6.07, 6.45) is 2.11. The van der Waals surface area contributed by atoms with E-state index >= 15 is 0 Å². The van der Waals surface area contributed by atoms with Gasteiger partial charge < -0.3 is 29.4 Å². The van der Waals surface area contributed by atoms with Crippen molar-refractivity contribution in [2.24, 2.45) is 0 Å². The number of fused-ring (bicyclic) bond motifs is 1. The molecule has 0 radical (unpaired) electrons. The van der Waals surface area contributed by atoms with Crippen molar-refractivity contribution in [3.63, 3.8) is 0 Å². The molecule has 0 fully saturated rings. The molecule has 0 aliphatic heterocycles. The fraction of sp³-hybridized carbons (Fsp3) is 0.267. The first kappa shape index (κ1) is 28.1. The molecule has 0 spiro atoms. The van der Waals surface area contributed by atoms with Gasteiger partial charge in [-0.1, -0.05) is 25.1 Å². The highest BCUT2D eigenvalue weighted by Gasteiger charge is 2.34. The lowest BCUT2D eigenvalue weighted by atomic mass is 9.81.